The van der Waals surface area contributed by atoms with E-state index in [0.29, 0.717) is 0 Å². The molecule has 1 aliphatic rings. The molecule has 7 N–H and O–H groups in total. The molecule has 0 unspecified atom stereocenters. The Hall–Kier alpha value is -3.55. The zero-order valence-corrected chi connectivity index (χ0v) is 17.7. The predicted molar refractivity (Wildman–Crippen MR) is 114 cm³/mol. The Morgan fingerprint density at radius 1 is 0.971 bits per heavy atom. The van der Waals surface area contributed by atoms with Crippen molar-refractivity contribution in [1.82, 2.24) is 0 Å². The first-order valence-corrected chi connectivity index (χ1v) is 10.0. The van der Waals surface area contributed by atoms with Gasteiger partial charge in [0, 0.05) is 11.6 Å². The van der Waals surface area contributed by atoms with E-state index in [-0.39, 0.29) is 22.7 Å². The summed E-state index contributed by atoms with van der Waals surface area (Å²) in [6, 6.07) is 6.45. The number of phenols is 3. The summed E-state index contributed by atoms with van der Waals surface area (Å²) >= 11 is 0. The number of fused-ring (bicyclic) bond motifs is 1. The van der Waals surface area contributed by atoms with Crippen LogP contribution in [0.5, 0.6) is 28.7 Å². The van der Waals surface area contributed by atoms with E-state index in [1.165, 1.54) is 31.4 Å². The van der Waals surface area contributed by atoms with Crippen LogP contribution in [-0.2, 0) is 4.74 Å². The zero-order valence-electron chi connectivity index (χ0n) is 17.7. The van der Waals surface area contributed by atoms with Crippen LogP contribution in [0.2, 0.25) is 0 Å². The summed E-state index contributed by atoms with van der Waals surface area (Å²) in [6.07, 6.45) is -8.29. The van der Waals surface area contributed by atoms with Gasteiger partial charge in [0.1, 0.15) is 41.1 Å². The van der Waals surface area contributed by atoms with Gasteiger partial charge in [-0.15, -0.1) is 0 Å². The highest BCUT2D eigenvalue weighted by molar-refractivity contribution is 5.91. The van der Waals surface area contributed by atoms with Gasteiger partial charge in [0.2, 0.25) is 23.2 Å². The summed E-state index contributed by atoms with van der Waals surface area (Å²) in [5, 5.41) is 69.6. The fourth-order valence-electron chi connectivity index (χ4n) is 3.68. The highest BCUT2D eigenvalue weighted by Crippen LogP contribution is 2.43. The SMILES string of the molecule is COc1c(O)cc2oc(-c3ccc(O)cc3)c(O[C@@H]3O[C@H](CO)[C@@H](O)[C@H](O)[C@H]3O)c(=O)c2c1O. The van der Waals surface area contributed by atoms with E-state index in [1.807, 2.05) is 0 Å². The number of aliphatic hydroxyl groups excluding tert-OH is 4. The summed E-state index contributed by atoms with van der Waals surface area (Å²) in [5.74, 6) is -2.50. The fourth-order valence-corrected chi connectivity index (χ4v) is 3.68. The lowest BCUT2D eigenvalue weighted by Gasteiger charge is -2.39. The van der Waals surface area contributed by atoms with Crippen molar-refractivity contribution in [3.05, 3.63) is 40.6 Å². The smallest absolute Gasteiger partial charge is 0.239 e. The van der Waals surface area contributed by atoms with Gasteiger partial charge in [-0.2, -0.15) is 0 Å². The first-order chi connectivity index (χ1) is 16.2. The average molecular weight is 478 g/mol. The molecule has 0 aliphatic carbocycles. The Balaban J connectivity index is 1.93. The summed E-state index contributed by atoms with van der Waals surface area (Å²) in [4.78, 5) is 13.4. The van der Waals surface area contributed by atoms with Crippen LogP contribution in [0.15, 0.2) is 39.5 Å². The molecule has 0 spiro atoms. The molecule has 182 valence electrons. The summed E-state index contributed by atoms with van der Waals surface area (Å²) in [6.45, 7) is -0.723. The van der Waals surface area contributed by atoms with Crippen molar-refractivity contribution >= 4 is 11.0 Å². The minimum atomic E-state index is -1.83. The van der Waals surface area contributed by atoms with E-state index in [9.17, 15) is 40.5 Å². The Kier molecular flexibility index (Phi) is 6.25. The standard InChI is InChI=1S/C22H22O12/c1-31-20-10(25)6-11-13(15(20)27)16(28)21(19(32-11)8-2-4-9(24)5-3-8)34-22-18(30)17(29)14(26)12(7-23)33-22/h2-6,12,14,17-18,22-27,29-30H,7H2,1H3/t12-,14-,17+,18-,22+/m1/s1. The third-order valence-electron chi connectivity index (χ3n) is 5.47. The van der Waals surface area contributed by atoms with Gasteiger partial charge in [0.05, 0.1) is 13.7 Å². The number of hydrogen-bond acceptors (Lipinski definition) is 12. The molecule has 0 radical (unpaired) electrons. The quantitative estimate of drug-likeness (QED) is 0.254. The molecule has 3 aromatic rings. The molecule has 2 heterocycles. The molecule has 4 rings (SSSR count). The minimum Gasteiger partial charge on any atom is -0.508 e. The Morgan fingerprint density at radius 2 is 1.65 bits per heavy atom. The van der Waals surface area contributed by atoms with Crippen molar-refractivity contribution < 1.29 is 54.4 Å². The first kappa shape index (κ1) is 23.6. The van der Waals surface area contributed by atoms with Gasteiger partial charge in [-0.05, 0) is 24.3 Å². The van der Waals surface area contributed by atoms with Crippen LogP contribution in [-0.4, -0.2) is 80.2 Å². The van der Waals surface area contributed by atoms with Crippen LogP contribution in [0.4, 0.5) is 0 Å². The van der Waals surface area contributed by atoms with E-state index in [4.69, 9.17) is 18.6 Å². The largest absolute Gasteiger partial charge is 0.508 e. The van der Waals surface area contributed by atoms with Crippen molar-refractivity contribution in [2.24, 2.45) is 0 Å². The molecule has 1 aliphatic heterocycles. The number of aromatic hydroxyl groups is 3. The van der Waals surface area contributed by atoms with Crippen molar-refractivity contribution in [2.75, 3.05) is 13.7 Å². The highest BCUT2D eigenvalue weighted by atomic mass is 16.7. The molecular weight excluding hydrogens is 456 g/mol. The first-order valence-electron chi connectivity index (χ1n) is 10.0. The number of benzene rings is 2. The van der Waals surface area contributed by atoms with Crippen molar-refractivity contribution in [3.63, 3.8) is 0 Å². The van der Waals surface area contributed by atoms with Crippen molar-refractivity contribution in [1.29, 1.82) is 0 Å². The third-order valence-corrected chi connectivity index (χ3v) is 5.47. The van der Waals surface area contributed by atoms with Crippen LogP contribution in [0.3, 0.4) is 0 Å². The Morgan fingerprint density at radius 3 is 2.26 bits per heavy atom. The topological polar surface area (TPSA) is 200 Å². The summed E-state index contributed by atoms with van der Waals surface area (Å²) in [5.41, 5.74) is -0.951. The van der Waals surface area contributed by atoms with E-state index < -0.39 is 71.1 Å². The predicted octanol–water partition coefficient (Wildman–Crippen LogP) is -0.236. The molecule has 1 saturated heterocycles. The van der Waals surface area contributed by atoms with Crippen LogP contribution in [0.1, 0.15) is 0 Å². The number of hydrogen-bond donors (Lipinski definition) is 7. The molecule has 2 aromatic carbocycles. The van der Waals surface area contributed by atoms with E-state index in [1.54, 1.807) is 0 Å². The molecule has 1 aromatic heterocycles. The molecule has 0 saturated carbocycles. The minimum absolute atomic E-state index is 0.0803. The lowest BCUT2D eigenvalue weighted by molar-refractivity contribution is -0.277. The fraction of sp³-hybridized carbons (Fsp3) is 0.318. The molecular formula is C22H22O12. The van der Waals surface area contributed by atoms with Crippen molar-refractivity contribution in [3.8, 4) is 40.1 Å². The van der Waals surface area contributed by atoms with Gasteiger partial charge in [0.25, 0.3) is 0 Å². The number of ether oxygens (including phenoxy) is 3. The second-order valence-electron chi connectivity index (χ2n) is 7.60. The number of phenolic OH excluding ortho intramolecular Hbond substituents is 3. The molecule has 1 fully saturated rings. The monoisotopic (exact) mass is 478 g/mol. The van der Waals surface area contributed by atoms with Gasteiger partial charge < -0.3 is 54.4 Å². The van der Waals surface area contributed by atoms with Crippen LogP contribution >= 0.6 is 0 Å². The molecule has 0 amide bonds. The summed E-state index contributed by atoms with van der Waals surface area (Å²) in [7, 11) is 1.17. The number of aliphatic hydroxyl groups is 4. The van der Waals surface area contributed by atoms with Gasteiger partial charge >= 0.3 is 0 Å². The molecule has 0 bridgehead atoms. The Bertz CT molecular complexity index is 1250. The normalized spacial score (nSPS) is 24.8. The number of rotatable bonds is 5. The second-order valence-corrected chi connectivity index (χ2v) is 7.60. The molecule has 12 heteroatoms. The third kappa shape index (κ3) is 3.87. The van der Waals surface area contributed by atoms with Crippen molar-refractivity contribution in [2.45, 2.75) is 30.7 Å². The molecule has 5 atom stereocenters. The lowest BCUT2D eigenvalue weighted by atomic mass is 9.99. The second kappa shape index (κ2) is 9.00. The van der Waals surface area contributed by atoms with Gasteiger partial charge in [-0.3, -0.25) is 4.79 Å². The van der Waals surface area contributed by atoms with Crippen LogP contribution in [0.25, 0.3) is 22.3 Å². The lowest BCUT2D eigenvalue weighted by Crippen LogP contribution is -2.60. The maximum atomic E-state index is 13.4. The van der Waals surface area contributed by atoms with Gasteiger partial charge in [-0.25, -0.2) is 0 Å². The molecule has 12 nitrogen and oxygen atoms in total. The maximum Gasteiger partial charge on any atom is 0.239 e. The van der Waals surface area contributed by atoms with E-state index in [0.717, 1.165) is 6.07 Å². The Labute approximate surface area is 191 Å². The van der Waals surface area contributed by atoms with Gasteiger partial charge in [-0.1, -0.05) is 0 Å². The van der Waals surface area contributed by atoms with Gasteiger partial charge in [0.15, 0.2) is 17.3 Å². The van der Waals surface area contributed by atoms with E-state index >= 15 is 0 Å². The number of methoxy groups -OCH3 is 1. The highest BCUT2D eigenvalue weighted by Gasteiger charge is 2.45. The van der Waals surface area contributed by atoms with Crippen LogP contribution < -0.4 is 14.9 Å². The average Bonchev–Trinajstić information content (AvgIpc) is 2.81. The van der Waals surface area contributed by atoms with E-state index in [2.05, 4.69) is 0 Å². The van der Waals surface area contributed by atoms with Crippen LogP contribution in [0, 0.1) is 0 Å². The summed E-state index contributed by atoms with van der Waals surface area (Å²) < 4.78 is 21.6. The zero-order chi connectivity index (χ0) is 24.7. The maximum absolute atomic E-state index is 13.4. The molecule has 34 heavy (non-hydrogen) atoms.